The topological polar surface area (TPSA) is 84.3 Å². The average Bonchev–Trinajstić information content (AvgIpc) is 2.81. The van der Waals surface area contributed by atoms with E-state index in [2.05, 4.69) is 40.0 Å². The van der Waals surface area contributed by atoms with Crippen LogP contribution in [0.1, 0.15) is 16.8 Å². The Bertz CT molecular complexity index is 851. The van der Waals surface area contributed by atoms with Crippen LogP contribution in [0.3, 0.4) is 0 Å². The Kier molecular flexibility index (Phi) is 7.51. The summed E-state index contributed by atoms with van der Waals surface area (Å²) in [7, 11) is 3.03. The van der Waals surface area contributed by atoms with Gasteiger partial charge >= 0.3 is 0 Å². The number of nitrogens with zero attached hydrogens (tertiary/aromatic N) is 1. The number of carbonyl (C=O) groups excluding carboxylic acids is 2. The lowest BCUT2D eigenvalue weighted by molar-refractivity contribution is -0.900. The van der Waals surface area contributed by atoms with Crippen LogP contribution in [0.4, 0.5) is 5.69 Å². The number of benzene rings is 2. The zero-order valence-corrected chi connectivity index (χ0v) is 17.4. The van der Waals surface area contributed by atoms with E-state index in [4.69, 9.17) is 9.47 Å². The van der Waals surface area contributed by atoms with Gasteiger partial charge in [-0.25, -0.2) is 0 Å². The second-order valence-electron chi connectivity index (χ2n) is 7.14. The minimum Gasteiger partial charge on any atom is -0.493 e. The maximum atomic E-state index is 12.3. The molecule has 2 amide bonds. The first-order chi connectivity index (χ1) is 14.6. The van der Waals surface area contributed by atoms with Gasteiger partial charge < -0.3 is 19.3 Å². The van der Waals surface area contributed by atoms with Crippen LogP contribution in [0, 0.1) is 0 Å². The molecule has 0 bridgehead atoms. The lowest BCUT2D eigenvalue weighted by Gasteiger charge is -2.33. The predicted molar refractivity (Wildman–Crippen MR) is 114 cm³/mol. The van der Waals surface area contributed by atoms with Gasteiger partial charge in [0.25, 0.3) is 5.91 Å². The summed E-state index contributed by atoms with van der Waals surface area (Å²) in [4.78, 5) is 28.2. The molecule has 0 radical (unpaired) electrons. The Balaban J connectivity index is 1.39. The summed E-state index contributed by atoms with van der Waals surface area (Å²) < 4.78 is 10.4. The van der Waals surface area contributed by atoms with Crippen molar-refractivity contribution in [3.05, 3.63) is 54.1 Å². The van der Waals surface area contributed by atoms with Gasteiger partial charge in [0, 0.05) is 11.3 Å². The zero-order valence-electron chi connectivity index (χ0n) is 17.4. The molecule has 8 heteroatoms. The Labute approximate surface area is 176 Å². The van der Waals surface area contributed by atoms with Crippen molar-refractivity contribution in [3.8, 4) is 11.5 Å². The number of ether oxygens (including phenoxy) is 2. The molecule has 160 valence electrons. The predicted octanol–water partition coefficient (Wildman–Crippen LogP) is 0.260. The van der Waals surface area contributed by atoms with Crippen molar-refractivity contribution in [1.82, 2.24) is 10.9 Å². The standard InChI is InChI=1S/C22H28N4O4/c1-29-19-9-8-17(16-20(19)30-2)22(28)24-23-21(27)10-11-25-12-14-26(15-13-25)18-6-4-3-5-7-18/h3-9,16H,10-15H2,1-2H3,(H,23,27)(H,24,28)/p+1. The molecule has 3 rings (SSSR count). The van der Waals surface area contributed by atoms with Gasteiger partial charge in [-0.1, -0.05) is 18.2 Å². The minimum absolute atomic E-state index is 0.207. The highest BCUT2D eigenvalue weighted by Gasteiger charge is 2.21. The van der Waals surface area contributed by atoms with Crippen LogP contribution in [0.25, 0.3) is 0 Å². The summed E-state index contributed by atoms with van der Waals surface area (Å²) in [6.45, 7) is 4.65. The van der Waals surface area contributed by atoms with Crippen LogP contribution < -0.4 is 30.1 Å². The number of rotatable bonds is 7. The fraction of sp³-hybridized carbons (Fsp3) is 0.364. The number of hydrogen-bond acceptors (Lipinski definition) is 5. The van der Waals surface area contributed by atoms with Crippen molar-refractivity contribution in [2.24, 2.45) is 0 Å². The van der Waals surface area contributed by atoms with Gasteiger partial charge in [-0.05, 0) is 30.3 Å². The van der Waals surface area contributed by atoms with E-state index in [1.165, 1.54) is 24.8 Å². The molecule has 2 aromatic rings. The van der Waals surface area contributed by atoms with Crippen LogP contribution in [-0.4, -0.2) is 58.8 Å². The molecule has 0 unspecified atom stereocenters. The van der Waals surface area contributed by atoms with Crippen LogP contribution in [-0.2, 0) is 4.79 Å². The van der Waals surface area contributed by atoms with Gasteiger partial charge in [-0.2, -0.15) is 0 Å². The molecule has 0 atom stereocenters. The second kappa shape index (κ2) is 10.5. The summed E-state index contributed by atoms with van der Waals surface area (Å²) in [5.74, 6) is 0.373. The van der Waals surface area contributed by atoms with E-state index in [0.717, 1.165) is 32.7 Å². The molecule has 1 fully saturated rings. The molecule has 1 aliphatic heterocycles. The van der Waals surface area contributed by atoms with Crippen molar-refractivity contribution < 1.29 is 24.0 Å². The number of nitrogens with one attached hydrogen (secondary N) is 3. The molecule has 30 heavy (non-hydrogen) atoms. The van der Waals surface area contributed by atoms with Crippen molar-refractivity contribution in [3.63, 3.8) is 0 Å². The molecule has 3 N–H and O–H groups in total. The van der Waals surface area contributed by atoms with E-state index in [-0.39, 0.29) is 5.91 Å². The second-order valence-corrected chi connectivity index (χ2v) is 7.14. The fourth-order valence-electron chi connectivity index (χ4n) is 3.50. The summed E-state index contributed by atoms with van der Waals surface area (Å²) >= 11 is 0. The molecule has 2 aromatic carbocycles. The molecule has 8 nitrogen and oxygen atoms in total. The zero-order chi connectivity index (χ0) is 21.3. The number of piperazine rings is 1. The van der Waals surface area contributed by atoms with Crippen LogP contribution in [0.15, 0.2) is 48.5 Å². The van der Waals surface area contributed by atoms with E-state index in [1.54, 1.807) is 18.2 Å². The molecule has 1 aliphatic rings. The van der Waals surface area contributed by atoms with Gasteiger partial charge in [0.15, 0.2) is 11.5 Å². The fourth-order valence-corrected chi connectivity index (χ4v) is 3.50. The van der Waals surface area contributed by atoms with E-state index in [1.807, 2.05) is 6.07 Å². The third-order valence-corrected chi connectivity index (χ3v) is 5.26. The number of amides is 2. The van der Waals surface area contributed by atoms with E-state index < -0.39 is 5.91 Å². The van der Waals surface area contributed by atoms with Gasteiger partial charge in [-0.3, -0.25) is 20.4 Å². The van der Waals surface area contributed by atoms with Crippen molar-refractivity contribution >= 4 is 17.5 Å². The quantitative estimate of drug-likeness (QED) is 0.567. The minimum atomic E-state index is -0.409. The highest BCUT2D eigenvalue weighted by atomic mass is 16.5. The number of anilines is 1. The largest absolute Gasteiger partial charge is 0.493 e. The van der Waals surface area contributed by atoms with Crippen LogP contribution in [0.2, 0.25) is 0 Å². The van der Waals surface area contributed by atoms with Gasteiger partial charge in [0.2, 0.25) is 5.91 Å². The van der Waals surface area contributed by atoms with Crippen LogP contribution in [0.5, 0.6) is 11.5 Å². The molecule has 0 spiro atoms. The van der Waals surface area contributed by atoms with E-state index in [9.17, 15) is 9.59 Å². The normalized spacial score (nSPS) is 14.1. The Hall–Kier alpha value is -3.26. The average molecular weight is 413 g/mol. The van der Waals surface area contributed by atoms with Crippen molar-refractivity contribution in [2.45, 2.75) is 6.42 Å². The number of hydrogen-bond donors (Lipinski definition) is 3. The molecule has 1 saturated heterocycles. The lowest BCUT2D eigenvalue weighted by atomic mass is 10.2. The first kappa shape index (κ1) is 21.4. The number of quaternary nitrogens is 1. The Morgan fingerprint density at radius 1 is 0.967 bits per heavy atom. The number of methoxy groups -OCH3 is 2. The monoisotopic (exact) mass is 413 g/mol. The first-order valence-electron chi connectivity index (χ1n) is 10.1. The molecular weight excluding hydrogens is 384 g/mol. The molecule has 1 heterocycles. The molecule has 0 saturated carbocycles. The molecular formula is C22H29N4O4+. The first-order valence-corrected chi connectivity index (χ1v) is 10.1. The maximum Gasteiger partial charge on any atom is 0.269 e. The highest BCUT2D eigenvalue weighted by molar-refractivity contribution is 5.96. The lowest BCUT2D eigenvalue weighted by Crippen LogP contribution is -3.15. The number of carbonyl (C=O) groups is 2. The molecule has 0 aromatic heterocycles. The summed E-state index contributed by atoms with van der Waals surface area (Å²) in [5.41, 5.74) is 6.55. The molecule has 0 aliphatic carbocycles. The summed E-state index contributed by atoms with van der Waals surface area (Å²) in [5, 5.41) is 0. The summed E-state index contributed by atoms with van der Waals surface area (Å²) in [6, 6.07) is 15.2. The Morgan fingerprint density at radius 2 is 1.67 bits per heavy atom. The maximum absolute atomic E-state index is 12.3. The SMILES string of the molecule is COc1ccc(C(=O)NNC(=O)CC[NH+]2CCN(c3ccccc3)CC2)cc1OC. The Morgan fingerprint density at radius 3 is 2.33 bits per heavy atom. The third-order valence-electron chi connectivity index (χ3n) is 5.26. The van der Waals surface area contributed by atoms with E-state index in [0.29, 0.717) is 23.5 Å². The smallest absolute Gasteiger partial charge is 0.269 e. The number of hydrazine groups is 1. The van der Waals surface area contributed by atoms with Crippen LogP contribution >= 0.6 is 0 Å². The van der Waals surface area contributed by atoms with E-state index >= 15 is 0 Å². The van der Waals surface area contributed by atoms with Crippen molar-refractivity contribution in [1.29, 1.82) is 0 Å². The van der Waals surface area contributed by atoms with Gasteiger partial charge in [-0.15, -0.1) is 0 Å². The summed E-state index contributed by atoms with van der Waals surface area (Å²) in [6.07, 6.45) is 0.354. The van der Waals surface area contributed by atoms with Gasteiger partial charge in [0.1, 0.15) is 0 Å². The van der Waals surface area contributed by atoms with Gasteiger partial charge in [0.05, 0.1) is 53.4 Å². The van der Waals surface area contributed by atoms with Crippen molar-refractivity contribution in [2.75, 3.05) is 51.8 Å². The third kappa shape index (κ3) is 5.64. The highest BCUT2D eigenvalue weighted by Crippen LogP contribution is 2.27. The number of para-hydroxylation sites is 1.